The highest BCUT2D eigenvalue weighted by atomic mass is 16.1. The lowest BCUT2D eigenvalue weighted by atomic mass is 9.83. The number of hydrogen-bond acceptors (Lipinski definition) is 1. The van der Waals surface area contributed by atoms with Gasteiger partial charge in [-0.15, -0.1) is 0 Å². The number of rotatable bonds is 6. The molecule has 1 aromatic heterocycles. The summed E-state index contributed by atoms with van der Waals surface area (Å²) in [4.78, 5) is 16.3. The Bertz CT molecular complexity index is 960. The van der Waals surface area contributed by atoms with Crippen LogP contribution in [0.15, 0.2) is 54.7 Å². The van der Waals surface area contributed by atoms with E-state index >= 15 is 0 Å². The first-order valence-corrected chi connectivity index (χ1v) is 10.6. The minimum Gasteiger partial charge on any atom is -0.361 e. The zero-order chi connectivity index (χ0) is 21.2. The second-order valence-electron chi connectivity index (χ2n) is 9.52. The number of fused-ring (bicyclic) bond motifs is 1. The molecule has 0 bridgehead atoms. The number of aromatic amines is 1. The van der Waals surface area contributed by atoms with Crippen molar-refractivity contribution in [2.45, 2.75) is 65.3 Å². The first-order valence-electron chi connectivity index (χ1n) is 10.6. The molecule has 3 aromatic rings. The first kappa shape index (κ1) is 21.2. The predicted molar refractivity (Wildman–Crippen MR) is 122 cm³/mol. The Hall–Kier alpha value is -2.55. The fourth-order valence-electron chi connectivity index (χ4n) is 3.67. The average Bonchev–Trinajstić information content (AvgIpc) is 3.09. The zero-order valence-electron chi connectivity index (χ0n) is 18.5. The van der Waals surface area contributed by atoms with Gasteiger partial charge in [0.05, 0.1) is 0 Å². The van der Waals surface area contributed by atoms with Crippen LogP contribution in [-0.2, 0) is 10.2 Å². The predicted octanol–water partition coefficient (Wildman–Crippen LogP) is 6.15. The van der Waals surface area contributed by atoms with Crippen LogP contribution < -0.4 is 5.32 Å². The van der Waals surface area contributed by atoms with Gasteiger partial charge in [-0.1, -0.05) is 77.1 Å². The monoisotopic (exact) mass is 390 g/mol. The van der Waals surface area contributed by atoms with Crippen LogP contribution >= 0.6 is 0 Å². The Labute approximate surface area is 174 Å². The molecule has 0 aliphatic rings. The molecule has 2 N–H and O–H groups in total. The van der Waals surface area contributed by atoms with Crippen molar-refractivity contribution in [2.75, 3.05) is 0 Å². The van der Waals surface area contributed by atoms with E-state index in [1.54, 1.807) is 0 Å². The third-order valence-corrected chi connectivity index (χ3v) is 5.95. The van der Waals surface area contributed by atoms with E-state index in [4.69, 9.17) is 0 Å². The quantitative estimate of drug-likeness (QED) is 0.521. The van der Waals surface area contributed by atoms with Crippen LogP contribution in [-0.4, -0.2) is 16.9 Å². The number of hydrogen-bond donors (Lipinski definition) is 2. The minimum atomic E-state index is 0.0135. The summed E-state index contributed by atoms with van der Waals surface area (Å²) in [5.74, 6) is 0.525. The van der Waals surface area contributed by atoms with Crippen LogP contribution in [0.3, 0.4) is 0 Å². The van der Waals surface area contributed by atoms with E-state index < -0.39 is 0 Å². The molecule has 3 heteroatoms. The summed E-state index contributed by atoms with van der Waals surface area (Å²) in [6.07, 6.45) is 2.50. The molecule has 1 amide bonds. The molecule has 3 nitrogen and oxygen atoms in total. The summed E-state index contributed by atoms with van der Waals surface area (Å²) < 4.78 is 0. The summed E-state index contributed by atoms with van der Waals surface area (Å²) in [6.45, 7) is 13.0. The lowest BCUT2D eigenvalue weighted by Crippen LogP contribution is -2.36. The van der Waals surface area contributed by atoms with Crippen molar-refractivity contribution in [3.8, 4) is 0 Å². The second-order valence-corrected chi connectivity index (χ2v) is 9.52. The number of carbonyl (C=O) groups is 1. The van der Waals surface area contributed by atoms with E-state index in [1.165, 1.54) is 22.1 Å². The van der Waals surface area contributed by atoms with Crippen LogP contribution in [0, 0.1) is 5.92 Å². The maximum absolute atomic E-state index is 12.9. The maximum atomic E-state index is 12.9. The van der Waals surface area contributed by atoms with Gasteiger partial charge in [0, 0.05) is 35.5 Å². The van der Waals surface area contributed by atoms with Gasteiger partial charge in [0.2, 0.25) is 5.91 Å². The van der Waals surface area contributed by atoms with E-state index in [0.717, 1.165) is 5.52 Å². The maximum Gasteiger partial charge on any atom is 0.221 e. The molecule has 3 rings (SSSR count). The Morgan fingerprint density at radius 1 is 1.00 bits per heavy atom. The molecule has 29 heavy (non-hydrogen) atoms. The van der Waals surface area contributed by atoms with Crippen LogP contribution in [0.1, 0.15) is 70.6 Å². The van der Waals surface area contributed by atoms with E-state index in [-0.39, 0.29) is 23.3 Å². The van der Waals surface area contributed by atoms with Crippen molar-refractivity contribution < 1.29 is 4.79 Å². The van der Waals surface area contributed by atoms with Gasteiger partial charge in [-0.3, -0.25) is 4.79 Å². The van der Waals surface area contributed by atoms with Crippen molar-refractivity contribution >= 4 is 16.8 Å². The third kappa shape index (κ3) is 4.90. The first-order chi connectivity index (χ1) is 13.7. The molecular formula is C26H34N2O. The van der Waals surface area contributed by atoms with Crippen molar-refractivity contribution in [2.24, 2.45) is 5.92 Å². The van der Waals surface area contributed by atoms with Gasteiger partial charge < -0.3 is 10.3 Å². The summed E-state index contributed by atoms with van der Waals surface area (Å²) in [7, 11) is 0. The number of aromatic nitrogens is 1. The molecule has 0 saturated carbocycles. The fourth-order valence-corrected chi connectivity index (χ4v) is 3.67. The number of para-hydroxylation sites is 1. The molecule has 1 heterocycles. The Kier molecular flexibility index (Phi) is 6.16. The Morgan fingerprint density at radius 3 is 2.28 bits per heavy atom. The molecule has 0 fully saturated rings. The van der Waals surface area contributed by atoms with Gasteiger partial charge in [-0.25, -0.2) is 0 Å². The molecule has 0 radical (unpaired) electrons. The minimum absolute atomic E-state index is 0.0135. The van der Waals surface area contributed by atoms with E-state index in [1.807, 2.05) is 6.07 Å². The third-order valence-electron chi connectivity index (χ3n) is 5.95. The van der Waals surface area contributed by atoms with Gasteiger partial charge >= 0.3 is 0 Å². The smallest absolute Gasteiger partial charge is 0.221 e. The van der Waals surface area contributed by atoms with Crippen molar-refractivity contribution in [1.29, 1.82) is 0 Å². The van der Waals surface area contributed by atoms with Gasteiger partial charge in [0.25, 0.3) is 0 Å². The largest absolute Gasteiger partial charge is 0.361 e. The van der Waals surface area contributed by atoms with E-state index in [0.29, 0.717) is 12.3 Å². The molecule has 2 atom stereocenters. The van der Waals surface area contributed by atoms with Crippen molar-refractivity contribution in [3.05, 3.63) is 71.4 Å². The summed E-state index contributed by atoms with van der Waals surface area (Å²) in [6, 6.07) is 17.2. The highest BCUT2D eigenvalue weighted by Gasteiger charge is 2.23. The summed E-state index contributed by atoms with van der Waals surface area (Å²) in [5.41, 5.74) is 4.87. The molecule has 154 valence electrons. The van der Waals surface area contributed by atoms with Crippen LogP contribution in [0.4, 0.5) is 0 Å². The van der Waals surface area contributed by atoms with Gasteiger partial charge in [0.1, 0.15) is 0 Å². The van der Waals surface area contributed by atoms with Gasteiger partial charge in [0.15, 0.2) is 0 Å². The topological polar surface area (TPSA) is 44.9 Å². The van der Waals surface area contributed by atoms with Gasteiger partial charge in [-0.05, 0) is 41.0 Å². The molecule has 2 aromatic carbocycles. The lowest BCUT2D eigenvalue weighted by molar-refractivity contribution is -0.122. The van der Waals surface area contributed by atoms with Crippen LogP contribution in [0.25, 0.3) is 10.9 Å². The number of benzene rings is 2. The molecular weight excluding hydrogens is 356 g/mol. The SMILES string of the molecule is CC(C)C(C)NC(=O)CC(c1ccc(C(C)(C)C)cc1)c1c[nH]c2ccccc12. The fraction of sp³-hybridized carbons (Fsp3) is 0.423. The molecule has 0 saturated heterocycles. The Morgan fingerprint density at radius 2 is 1.66 bits per heavy atom. The number of amides is 1. The standard InChI is InChI=1S/C26H34N2O/c1-17(2)18(3)28-25(29)15-22(19-11-13-20(14-12-19)26(4,5)6)23-16-27-24-10-8-7-9-21(23)24/h7-14,16-18,22,27H,15H2,1-6H3,(H,28,29). The van der Waals surface area contributed by atoms with Crippen LogP contribution in [0.2, 0.25) is 0 Å². The van der Waals surface area contributed by atoms with Crippen molar-refractivity contribution in [3.63, 3.8) is 0 Å². The van der Waals surface area contributed by atoms with Crippen molar-refractivity contribution in [1.82, 2.24) is 10.3 Å². The average molecular weight is 391 g/mol. The summed E-state index contributed by atoms with van der Waals surface area (Å²) >= 11 is 0. The Balaban J connectivity index is 1.97. The molecule has 0 aliphatic carbocycles. The number of nitrogens with one attached hydrogen (secondary N) is 2. The second kappa shape index (κ2) is 8.44. The summed E-state index contributed by atoms with van der Waals surface area (Å²) in [5, 5.41) is 4.36. The van der Waals surface area contributed by atoms with Crippen LogP contribution in [0.5, 0.6) is 0 Å². The highest BCUT2D eigenvalue weighted by Crippen LogP contribution is 2.34. The molecule has 2 unspecified atom stereocenters. The zero-order valence-corrected chi connectivity index (χ0v) is 18.5. The van der Waals surface area contributed by atoms with E-state index in [2.05, 4.69) is 101 Å². The van der Waals surface area contributed by atoms with E-state index in [9.17, 15) is 4.79 Å². The lowest BCUT2D eigenvalue weighted by Gasteiger charge is -2.23. The van der Waals surface area contributed by atoms with Gasteiger partial charge in [-0.2, -0.15) is 0 Å². The molecule has 0 spiro atoms. The highest BCUT2D eigenvalue weighted by molar-refractivity contribution is 5.86. The number of carbonyl (C=O) groups excluding carboxylic acids is 1. The normalized spacial score (nSPS) is 14.2. The molecule has 0 aliphatic heterocycles. The number of H-pyrrole nitrogens is 1.